The van der Waals surface area contributed by atoms with E-state index in [1.165, 1.54) is 12.1 Å². The highest BCUT2D eigenvalue weighted by molar-refractivity contribution is 6.18. The van der Waals surface area contributed by atoms with Gasteiger partial charge in [-0.3, -0.25) is 24.6 Å². The third kappa shape index (κ3) is 4.24. The molecule has 0 aromatic heterocycles. The van der Waals surface area contributed by atoms with Gasteiger partial charge in [-0.2, -0.15) is 0 Å². The summed E-state index contributed by atoms with van der Waals surface area (Å²) in [4.78, 5) is 41.2. The Balaban J connectivity index is 1.67. The number of nitro benzene ring substituents is 1. The predicted molar refractivity (Wildman–Crippen MR) is 111 cm³/mol. The van der Waals surface area contributed by atoms with Crippen LogP contribution in [0, 0.1) is 10.1 Å². The fourth-order valence-corrected chi connectivity index (χ4v) is 3.75. The van der Waals surface area contributed by atoms with Gasteiger partial charge in [-0.05, 0) is 25.0 Å². The second-order valence-electron chi connectivity index (χ2n) is 7.49. The lowest BCUT2D eigenvalue weighted by atomic mass is 10.0. The van der Waals surface area contributed by atoms with Crippen LogP contribution in [0.15, 0.2) is 54.6 Å². The van der Waals surface area contributed by atoms with Gasteiger partial charge in [-0.1, -0.05) is 30.3 Å². The van der Waals surface area contributed by atoms with E-state index in [0.29, 0.717) is 37.6 Å². The first-order chi connectivity index (χ1) is 14.6. The quantitative estimate of drug-likeness (QED) is 0.302. The fourth-order valence-electron chi connectivity index (χ4n) is 3.75. The maximum Gasteiger partial charge on any atom is 0.269 e. The number of carbonyl (C=O) groups is 2. The minimum absolute atomic E-state index is 0.00562. The van der Waals surface area contributed by atoms with Crippen LogP contribution in [0.1, 0.15) is 23.2 Å². The molecule has 1 atom stereocenters. The Hall–Kier alpha value is -3.10. The number of nitro groups is 1. The lowest BCUT2D eigenvalue weighted by Gasteiger charge is -2.36. The van der Waals surface area contributed by atoms with Crippen molar-refractivity contribution in [3.8, 4) is 0 Å². The third-order valence-corrected chi connectivity index (χ3v) is 5.44. The topological polar surface area (TPSA) is 93.0 Å². The second kappa shape index (κ2) is 8.73. The van der Waals surface area contributed by atoms with E-state index < -0.39 is 11.0 Å². The maximum absolute atomic E-state index is 13.7. The summed E-state index contributed by atoms with van der Waals surface area (Å²) >= 11 is 0. The Morgan fingerprint density at radius 2 is 1.67 bits per heavy atom. The number of morpholine rings is 1. The zero-order valence-corrected chi connectivity index (χ0v) is 16.5. The summed E-state index contributed by atoms with van der Waals surface area (Å²) in [6.07, 6.45) is 1.69. The van der Waals surface area contributed by atoms with E-state index >= 15 is 0 Å². The molecule has 1 saturated heterocycles. The molecule has 2 aliphatic rings. The average Bonchev–Trinajstić information content (AvgIpc) is 3.61. The average molecular weight is 409 g/mol. The lowest BCUT2D eigenvalue weighted by Crippen LogP contribution is -2.56. The van der Waals surface area contributed by atoms with Crippen LogP contribution in [-0.4, -0.2) is 59.9 Å². The number of Topliss-reactive ketones (excluding diaryl/α,β-unsaturated/α-hetero) is 1. The number of ketones is 1. The molecule has 2 aromatic carbocycles. The first kappa shape index (κ1) is 20.2. The molecule has 8 nitrogen and oxygen atoms in total. The van der Waals surface area contributed by atoms with Crippen LogP contribution in [0.5, 0.6) is 0 Å². The molecular formula is C22H23N3O5. The Morgan fingerprint density at radius 1 is 1.03 bits per heavy atom. The highest BCUT2D eigenvalue weighted by Crippen LogP contribution is 2.34. The molecule has 1 saturated carbocycles. The molecule has 156 valence electrons. The summed E-state index contributed by atoms with van der Waals surface area (Å²) in [5.41, 5.74) is 1.03. The van der Waals surface area contributed by atoms with E-state index in [0.717, 1.165) is 12.8 Å². The lowest BCUT2D eigenvalue weighted by molar-refractivity contribution is -0.384. The number of benzene rings is 2. The van der Waals surface area contributed by atoms with Gasteiger partial charge >= 0.3 is 0 Å². The molecule has 2 aromatic rings. The molecule has 1 amide bonds. The smallest absolute Gasteiger partial charge is 0.269 e. The molecule has 0 radical (unpaired) electrons. The molecule has 30 heavy (non-hydrogen) atoms. The van der Waals surface area contributed by atoms with Crippen molar-refractivity contribution in [1.29, 1.82) is 0 Å². The summed E-state index contributed by atoms with van der Waals surface area (Å²) in [6, 6.07) is 13.8. The second-order valence-corrected chi connectivity index (χ2v) is 7.49. The van der Waals surface area contributed by atoms with Gasteiger partial charge in [0.15, 0.2) is 11.8 Å². The van der Waals surface area contributed by atoms with Crippen molar-refractivity contribution in [3.05, 3.63) is 70.3 Å². The number of hydrogen-bond acceptors (Lipinski definition) is 6. The van der Waals surface area contributed by atoms with Gasteiger partial charge in [-0.25, -0.2) is 0 Å². The van der Waals surface area contributed by atoms with E-state index in [2.05, 4.69) is 0 Å². The molecule has 1 unspecified atom stereocenters. The Morgan fingerprint density at radius 3 is 2.23 bits per heavy atom. The zero-order valence-electron chi connectivity index (χ0n) is 16.5. The van der Waals surface area contributed by atoms with Crippen LogP contribution in [-0.2, 0) is 9.53 Å². The fraction of sp³-hybridized carbons (Fsp3) is 0.364. The summed E-state index contributed by atoms with van der Waals surface area (Å²) in [5.74, 6) is -0.530. The molecule has 0 spiro atoms. The van der Waals surface area contributed by atoms with Gasteiger partial charge in [-0.15, -0.1) is 0 Å². The molecule has 4 rings (SSSR count). The van der Waals surface area contributed by atoms with Crippen molar-refractivity contribution in [2.24, 2.45) is 0 Å². The van der Waals surface area contributed by atoms with Crippen LogP contribution in [0.3, 0.4) is 0 Å². The van der Waals surface area contributed by atoms with Gasteiger partial charge in [0.1, 0.15) is 0 Å². The van der Waals surface area contributed by atoms with E-state index in [1.54, 1.807) is 41.3 Å². The molecule has 0 N–H and O–H groups in total. The zero-order chi connectivity index (χ0) is 21.1. The van der Waals surface area contributed by atoms with E-state index in [-0.39, 0.29) is 23.4 Å². The van der Waals surface area contributed by atoms with Crippen molar-refractivity contribution >= 4 is 23.1 Å². The van der Waals surface area contributed by atoms with E-state index in [1.807, 2.05) is 11.0 Å². The Bertz CT molecular complexity index is 922. The normalized spacial score (nSPS) is 17.9. The van der Waals surface area contributed by atoms with Crippen molar-refractivity contribution < 1.29 is 19.2 Å². The number of anilines is 1. The van der Waals surface area contributed by atoms with Gasteiger partial charge < -0.3 is 9.64 Å². The minimum Gasteiger partial charge on any atom is -0.379 e. The standard InChI is InChI=1S/C22H23N3O5/c26-21(16-4-2-1-3-5-16)20(23-12-14-30-15-13-23)22(27)24(17-6-7-17)18-8-10-19(11-9-18)25(28)29/h1-5,8-11,17,20H,6-7,12-15H2. The number of nitrogens with zero attached hydrogens (tertiary/aromatic N) is 3. The monoisotopic (exact) mass is 409 g/mol. The maximum atomic E-state index is 13.7. The van der Waals surface area contributed by atoms with Crippen LogP contribution in [0.2, 0.25) is 0 Å². The number of carbonyl (C=O) groups excluding carboxylic acids is 2. The highest BCUT2D eigenvalue weighted by Gasteiger charge is 2.42. The van der Waals surface area contributed by atoms with Crippen LogP contribution in [0.4, 0.5) is 11.4 Å². The van der Waals surface area contributed by atoms with Crippen molar-refractivity contribution in [1.82, 2.24) is 4.90 Å². The molecule has 2 fully saturated rings. The molecule has 0 bridgehead atoms. The number of ether oxygens (including phenoxy) is 1. The van der Waals surface area contributed by atoms with Gasteiger partial charge in [0.2, 0.25) is 0 Å². The number of hydrogen-bond donors (Lipinski definition) is 0. The van der Waals surface area contributed by atoms with Crippen LogP contribution < -0.4 is 4.90 Å². The van der Waals surface area contributed by atoms with Gasteiger partial charge in [0.05, 0.1) is 18.1 Å². The molecular weight excluding hydrogens is 386 g/mol. The largest absolute Gasteiger partial charge is 0.379 e. The van der Waals surface area contributed by atoms with Gasteiger partial charge in [0, 0.05) is 42.5 Å². The third-order valence-electron chi connectivity index (χ3n) is 5.44. The molecule has 1 aliphatic carbocycles. The van der Waals surface area contributed by atoms with E-state index in [4.69, 9.17) is 4.74 Å². The molecule has 8 heteroatoms. The Labute approximate surface area is 174 Å². The summed E-state index contributed by atoms with van der Waals surface area (Å²) < 4.78 is 5.41. The summed E-state index contributed by atoms with van der Waals surface area (Å²) in [6.45, 7) is 1.92. The number of rotatable bonds is 7. The highest BCUT2D eigenvalue weighted by atomic mass is 16.6. The summed E-state index contributed by atoms with van der Waals surface area (Å²) in [5, 5.41) is 11.0. The molecule has 1 heterocycles. The van der Waals surface area contributed by atoms with Gasteiger partial charge in [0.25, 0.3) is 11.6 Å². The molecule has 1 aliphatic heterocycles. The number of non-ortho nitro benzene ring substituents is 1. The Kier molecular flexibility index (Phi) is 5.87. The van der Waals surface area contributed by atoms with Crippen LogP contribution >= 0.6 is 0 Å². The summed E-state index contributed by atoms with van der Waals surface area (Å²) in [7, 11) is 0. The predicted octanol–water partition coefficient (Wildman–Crippen LogP) is 2.67. The first-order valence-corrected chi connectivity index (χ1v) is 10.0. The van der Waals surface area contributed by atoms with Crippen molar-refractivity contribution in [2.45, 2.75) is 24.9 Å². The van der Waals surface area contributed by atoms with Crippen LogP contribution in [0.25, 0.3) is 0 Å². The van der Waals surface area contributed by atoms with Crippen molar-refractivity contribution in [3.63, 3.8) is 0 Å². The SMILES string of the molecule is O=C(c1ccccc1)C(C(=O)N(c1ccc([N+](=O)[O-])cc1)C1CC1)N1CCOCC1. The van der Waals surface area contributed by atoms with Crippen molar-refractivity contribution in [2.75, 3.05) is 31.2 Å². The minimum atomic E-state index is -0.952. The first-order valence-electron chi connectivity index (χ1n) is 10.0. The number of amides is 1. The van der Waals surface area contributed by atoms with E-state index in [9.17, 15) is 19.7 Å².